The molecule has 1 fully saturated rings. The van der Waals surface area contributed by atoms with Crippen LogP contribution in [0.2, 0.25) is 0 Å². The summed E-state index contributed by atoms with van der Waals surface area (Å²) in [5.41, 5.74) is 1.83. The van der Waals surface area contributed by atoms with Crippen molar-refractivity contribution in [2.75, 3.05) is 13.7 Å². The van der Waals surface area contributed by atoms with E-state index in [0.717, 1.165) is 12.1 Å². The van der Waals surface area contributed by atoms with Gasteiger partial charge in [0.2, 0.25) is 0 Å². The Labute approximate surface area is 135 Å². The Morgan fingerprint density at radius 3 is 2.91 bits per heavy atom. The second-order valence-corrected chi connectivity index (χ2v) is 6.44. The van der Waals surface area contributed by atoms with Crippen molar-refractivity contribution in [1.29, 1.82) is 0 Å². The molecule has 0 bridgehead atoms. The number of rotatable bonds is 3. The van der Waals surface area contributed by atoms with Crippen LogP contribution in [0.4, 0.5) is 0 Å². The zero-order valence-corrected chi connectivity index (χ0v) is 13.9. The third-order valence-corrected chi connectivity index (χ3v) is 4.99. The minimum Gasteiger partial charge on any atom is -0.507 e. The molecule has 2 N–H and O–H groups in total. The fourth-order valence-electron chi connectivity index (χ4n) is 3.64. The van der Waals surface area contributed by atoms with E-state index in [9.17, 15) is 9.90 Å². The molecule has 1 saturated heterocycles. The first-order valence-corrected chi connectivity index (χ1v) is 8.19. The van der Waals surface area contributed by atoms with Crippen LogP contribution < -0.4 is 4.90 Å². The molecule has 2 aromatic rings. The number of benzene rings is 1. The molecule has 5 heteroatoms. The molecule has 1 unspecified atom stereocenters. The Hall–Kier alpha value is -2.01. The van der Waals surface area contributed by atoms with E-state index in [2.05, 4.69) is 6.92 Å². The maximum atomic E-state index is 12.2. The van der Waals surface area contributed by atoms with Gasteiger partial charge >= 0.3 is 5.97 Å². The van der Waals surface area contributed by atoms with Crippen LogP contribution >= 0.6 is 0 Å². The number of carbonyl (C=O) groups excluding carboxylic acids is 1. The van der Waals surface area contributed by atoms with E-state index in [0.29, 0.717) is 34.9 Å². The summed E-state index contributed by atoms with van der Waals surface area (Å²) in [6.45, 7) is 5.77. The molecule has 1 aromatic heterocycles. The number of quaternary nitrogens is 1. The average molecular weight is 318 g/mol. The molecular formula is C18H24NO4+. The average Bonchev–Trinajstić information content (AvgIpc) is 2.87. The Morgan fingerprint density at radius 2 is 2.22 bits per heavy atom. The lowest BCUT2D eigenvalue weighted by atomic mass is 9.99. The first-order chi connectivity index (χ1) is 11.0. The Morgan fingerprint density at radius 1 is 1.43 bits per heavy atom. The highest BCUT2D eigenvalue weighted by Crippen LogP contribution is 2.34. The number of furan rings is 1. The van der Waals surface area contributed by atoms with E-state index in [4.69, 9.17) is 9.15 Å². The molecule has 2 atom stereocenters. The molecule has 0 saturated carbocycles. The number of nitrogens with one attached hydrogen (secondary N) is 1. The Balaban J connectivity index is 2.11. The summed E-state index contributed by atoms with van der Waals surface area (Å²) in [6.07, 6.45) is 3.66. The predicted octanol–water partition coefficient (Wildman–Crippen LogP) is 2.19. The summed E-state index contributed by atoms with van der Waals surface area (Å²) in [4.78, 5) is 13.6. The van der Waals surface area contributed by atoms with E-state index in [1.807, 2.05) is 0 Å². The highest BCUT2D eigenvalue weighted by Gasteiger charge is 2.28. The molecule has 1 aliphatic rings. The van der Waals surface area contributed by atoms with Gasteiger partial charge in [0.1, 0.15) is 29.2 Å². The van der Waals surface area contributed by atoms with Gasteiger partial charge in [-0.25, -0.2) is 4.79 Å². The van der Waals surface area contributed by atoms with Crippen molar-refractivity contribution in [2.24, 2.45) is 0 Å². The first kappa shape index (κ1) is 15.9. The normalized spacial score (nSPS) is 21.5. The Kier molecular flexibility index (Phi) is 4.31. The van der Waals surface area contributed by atoms with Crippen LogP contribution in [0.5, 0.6) is 5.75 Å². The van der Waals surface area contributed by atoms with Crippen molar-refractivity contribution in [2.45, 2.75) is 45.7 Å². The highest BCUT2D eigenvalue weighted by molar-refractivity contribution is 6.06. The van der Waals surface area contributed by atoms with Crippen molar-refractivity contribution in [3.8, 4) is 5.75 Å². The maximum absolute atomic E-state index is 12.2. The summed E-state index contributed by atoms with van der Waals surface area (Å²) < 4.78 is 10.6. The molecular weight excluding hydrogens is 294 g/mol. The maximum Gasteiger partial charge on any atom is 0.342 e. The largest absolute Gasteiger partial charge is 0.507 e. The third kappa shape index (κ3) is 2.81. The lowest BCUT2D eigenvalue weighted by molar-refractivity contribution is -0.941. The number of phenolic OH excluding ortho intramolecular Hbond substituents is 1. The van der Waals surface area contributed by atoms with Gasteiger partial charge in [0.15, 0.2) is 0 Å². The second-order valence-electron chi connectivity index (χ2n) is 6.44. The van der Waals surface area contributed by atoms with E-state index in [1.54, 1.807) is 19.1 Å². The Bertz CT molecular complexity index is 734. The monoisotopic (exact) mass is 318 g/mol. The van der Waals surface area contributed by atoms with Crippen LogP contribution in [0.1, 0.15) is 47.9 Å². The number of aryl methyl sites for hydroxylation is 1. The number of carbonyl (C=O) groups is 1. The fourth-order valence-corrected chi connectivity index (χ4v) is 3.64. The number of methoxy groups -OCH3 is 1. The van der Waals surface area contributed by atoms with Gasteiger partial charge in [-0.3, -0.25) is 0 Å². The number of hydrogen-bond acceptors (Lipinski definition) is 4. The minimum absolute atomic E-state index is 0.216. The number of likely N-dealkylation sites (tertiary alicyclic amines) is 1. The summed E-state index contributed by atoms with van der Waals surface area (Å²) in [5.74, 6) is 0.323. The molecule has 1 aromatic carbocycles. The van der Waals surface area contributed by atoms with Crippen LogP contribution in [-0.2, 0) is 11.3 Å². The molecule has 0 aliphatic carbocycles. The highest BCUT2D eigenvalue weighted by atomic mass is 16.5. The molecule has 0 amide bonds. The number of piperidine rings is 1. The molecule has 3 rings (SSSR count). The van der Waals surface area contributed by atoms with Crippen molar-refractivity contribution in [3.63, 3.8) is 0 Å². The van der Waals surface area contributed by atoms with E-state index in [-0.39, 0.29) is 5.75 Å². The summed E-state index contributed by atoms with van der Waals surface area (Å²) in [6, 6.07) is 3.91. The van der Waals surface area contributed by atoms with Gasteiger partial charge in [-0.2, -0.15) is 0 Å². The molecule has 0 spiro atoms. The van der Waals surface area contributed by atoms with Crippen molar-refractivity contribution in [3.05, 3.63) is 29.0 Å². The number of ether oxygens (including phenoxy) is 1. The summed E-state index contributed by atoms with van der Waals surface area (Å²) in [7, 11) is 1.36. The van der Waals surface area contributed by atoms with E-state index < -0.39 is 5.97 Å². The zero-order chi connectivity index (χ0) is 16.6. The number of aromatic hydroxyl groups is 1. The van der Waals surface area contributed by atoms with Gasteiger partial charge in [0.25, 0.3) is 0 Å². The summed E-state index contributed by atoms with van der Waals surface area (Å²) in [5, 5.41) is 11.1. The number of fused-ring (bicyclic) bond motifs is 1. The second kappa shape index (κ2) is 6.24. The number of phenols is 1. The van der Waals surface area contributed by atoms with Gasteiger partial charge in [-0.1, -0.05) is 0 Å². The lowest BCUT2D eigenvalue weighted by Gasteiger charge is -2.30. The first-order valence-electron chi connectivity index (χ1n) is 8.19. The zero-order valence-electron chi connectivity index (χ0n) is 13.9. The minimum atomic E-state index is -0.421. The standard InChI is InChI=1S/C18H23NO4/c1-11-6-4-5-9-19(11)10-13-14(20)7-8-15-17(13)16(12(2)23-15)18(21)22-3/h7-8,11,20H,4-6,9-10H2,1-3H3/p+1/t11-/m0/s1. The molecule has 2 heterocycles. The third-order valence-electron chi connectivity index (χ3n) is 4.99. The SMILES string of the molecule is COC(=O)c1c(C)oc2ccc(O)c(C[NH+]3CCCC[C@@H]3C)c12. The lowest BCUT2D eigenvalue weighted by Crippen LogP contribution is -3.14. The molecule has 5 nitrogen and oxygen atoms in total. The van der Waals surface area contributed by atoms with Crippen LogP contribution in [0.3, 0.4) is 0 Å². The van der Waals surface area contributed by atoms with Gasteiger partial charge in [-0.15, -0.1) is 0 Å². The summed E-state index contributed by atoms with van der Waals surface area (Å²) >= 11 is 0. The predicted molar refractivity (Wildman–Crippen MR) is 86.8 cm³/mol. The molecule has 124 valence electrons. The molecule has 1 aliphatic heterocycles. The molecule has 23 heavy (non-hydrogen) atoms. The quantitative estimate of drug-likeness (QED) is 0.852. The van der Waals surface area contributed by atoms with E-state index in [1.165, 1.54) is 31.3 Å². The van der Waals surface area contributed by atoms with Gasteiger partial charge in [0.05, 0.1) is 25.3 Å². The van der Waals surface area contributed by atoms with Crippen molar-refractivity contribution >= 4 is 16.9 Å². The van der Waals surface area contributed by atoms with Crippen molar-refractivity contribution < 1.29 is 24.0 Å². The fraction of sp³-hybridized carbons (Fsp3) is 0.500. The van der Waals surface area contributed by atoms with Gasteiger partial charge in [-0.05, 0) is 45.2 Å². The molecule has 0 radical (unpaired) electrons. The van der Waals surface area contributed by atoms with Crippen LogP contribution in [0, 0.1) is 6.92 Å². The smallest absolute Gasteiger partial charge is 0.342 e. The van der Waals surface area contributed by atoms with Gasteiger partial charge in [0, 0.05) is 5.39 Å². The van der Waals surface area contributed by atoms with Crippen LogP contribution in [0.25, 0.3) is 11.0 Å². The number of hydrogen-bond donors (Lipinski definition) is 2. The number of esters is 1. The van der Waals surface area contributed by atoms with Crippen molar-refractivity contribution in [1.82, 2.24) is 0 Å². The van der Waals surface area contributed by atoms with E-state index >= 15 is 0 Å². The van der Waals surface area contributed by atoms with Crippen LogP contribution in [-0.4, -0.2) is 30.8 Å². The van der Waals surface area contributed by atoms with Crippen LogP contribution in [0.15, 0.2) is 16.5 Å². The van der Waals surface area contributed by atoms with Gasteiger partial charge < -0.3 is 19.2 Å². The topological polar surface area (TPSA) is 64.1 Å².